The van der Waals surface area contributed by atoms with E-state index in [0.717, 1.165) is 24.0 Å². The Bertz CT molecular complexity index is 410. The first kappa shape index (κ1) is 13.5. The highest BCUT2D eigenvalue weighted by molar-refractivity contribution is 6.19. The van der Waals surface area contributed by atoms with E-state index in [4.69, 9.17) is 0 Å². The Morgan fingerprint density at radius 2 is 2.12 bits per heavy atom. The molecule has 0 unspecified atom stereocenters. The minimum atomic E-state index is -0.112. The second-order valence-corrected chi connectivity index (χ2v) is 3.80. The molecule has 0 aliphatic carbocycles. The lowest BCUT2D eigenvalue weighted by Crippen LogP contribution is -2.20. The van der Waals surface area contributed by atoms with Crippen molar-refractivity contribution in [1.82, 2.24) is 5.32 Å². The lowest BCUT2D eigenvalue weighted by Gasteiger charge is -2.10. The smallest absolute Gasteiger partial charge is 0.251 e. The highest BCUT2D eigenvalue weighted by atomic mass is 16.3. The van der Waals surface area contributed by atoms with E-state index in [1.54, 1.807) is 7.05 Å². The predicted molar refractivity (Wildman–Crippen MR) is 69.3 cm³/mol. The zero-order chi connectivity index (χ0) is 12.7. The maximum Gasteiger partial charge on any atom is 0.251 e. The summed E-state index contributed by atoms with van der Waals surface area (Å²) in [6.07, 6.45) is 3.76. The van der Waals surface area contributed by atoms with Crippen molar-refractivity contribution in [2.24, 2.45) is 0 Å². The largest absolute Gasteiger partial charge is 0.392 e. The van der Waals surface area contributed by atoms with Crippen LogP contribution in [0.5, 0.6) is 0 Å². The van der Waals surface area contributed by atoms with Crippen molar-refractivity contribution < 1.29 is 9.90 Å². The number of rotatable bonds is 5. The average molecular weight is 233 g/mol. The molecule has 0 aliphatic heterocycles. The molecule has 0 aromatic heterocycles. The van der Waals surface area contributed by atoms with Crippen molar-refractivity contribution in [3.63, 3.8) is 0 Å². The van der Waals surface area contributed by atoms with Crippen LogP contribution in [0.4, 0.5) is 0 Å². The van der Waals surface area contributed by atoms with Gasteiger partial charge < -0.3 is 10.4 Å². The third kappa shape index (κ3) is 3.43. The van der Waals surface area contributed by atoms with Crippen LogP contribution in [0, 0.1) is 0 Å². The van der Waals surface area contributed by atoms with Crippen molar-refractivity contribution in [2.45, 2.75) is 26.4 Å². The quantitative estimate of drug-likeness (QED) is 0.765. The Kier molecular flexibility index (Phi) is 5.43. The first-order valence-electron chi connectivity index (χ1n) is 5.86. The van der Waals surface area contributed by atoms with Crippen LogP contribution in [-0.2, 0) is 11.4 Å². The molecule has 3 nitrogen and oxygen atoms in total. The maximum atomic E-state index is 11.8. The van der Waals surface area contributed by atoms with Gasteiger partial charge in [0.15, 0.2) is 0 Å². The number of hydrogen-bond acceptors (Lipinski definition) is 2. The highest BCUT2D eigenvalue weighted by Gasteiger charge is 2.12. The SMILES string of the molecule is CCC/C=C(\C(=O)NC)c1ccccc1CO. The van der Waals surface area contributed by atoms with Gasteiger partial charge in [-0.05, 0) is 17.5 Å². The number of nitrogens with one attached hydrogen (secondary N) is 1. The fourth-order valence-corrected chi connectivity index (χ4v) is 1.67. The average Bonchev–Trinajstić information content (AvgIpc) is 2.39. The van der Waals surface area contributed by atoms with Gasteiger partial charge in [0.2, 0.25) is 0 Å². The van der Waals surface area contributed by atoms with E-state index in [0.29, 0.717) is 5.57 Å². The van der Waals surface area contributed by atoms with Crippen molar-refractivity contribution >= 4 is 11.5 Å². The molecule has 2 N–H and O–H groups in total. The molecule has 0 saturated heterocycles. The summed E-state index contributed by atoms with van der Waals surface area (Å²) in [5.41, 5.74) is 2.22. The molecule has 0 radical (unpaired) electrons. The molecule has 92 valence electrons. The first-order chi connectivity index (χ1) is 8.24. The lowest BCUT2D eigenvalue weighted by atomic mass is 9.98. The molecule has 1 rings (SSSR count). The maximum absolute atomic E-state index is 11.8. The minimum absolute atomic E-state index is 0.0589. The van der Waals surface area contributed by atoms with Crippen LogP contribution < -0.4 is 5.32 Å². The summed E-state index contributed by atoms with van der Waals surface area (Å²) in [6.45, 7) is 2.01. The number of likely N-dealkylation sites (N-methyl/N-ethyl adjacent to an activating group) is 1. The summed E-state index contributed by atoms with van der Waals surface area (Å²) >= 11 is 0. The summed E-state index contributed by atoms with van der Waals surface area (Å²) < 4.78 is 0. The van der Waals surface area contributed by atoms with Gasteiger partial charge in [-0.15, -0.1) is 0 Å². The van der Waals surface area contributed by atoms with E-state index in [1.807, 2.05) is 30.3 Å². The fraction of sp³-hybridized carbons (Fsp3) is 0.357. The number of benzene rings is 1. The van der Waals surface area contributed by atoms with Crippen LogP contribution in [0.25, 0.3) is 5.57 Å². The second-order valence-electron chi connectivity index (χ2n) is 3.80. The summed E-state index contributed by atoms with van der Waals surface area (Å²) in [5, 5.41) is 11.9. The molecule has 1 aromatic carbocycles. The third-order valence-corrected chi connectivity index (χ3v) is 2.59. The standard InChI is InChI=1S/C14H19NO2/c1-3-4-8-13(14(17)15-2)12-9-6-5-7-11(12)10-16/h5-9,16H,3-4,10H2,1-2H3,(H,15,17)/b13-8-. The number of hydrogen-bond donors (Lipinski definition) is 2. The van der Waals surface area contributed by atoms with Gasteiger partial charge in [-0.1, -0.05) is 43.7 Å². The monoisotopic (exact) mass is 233 g/mol. The van der Waals surface area contributed by atoms with Gasteiger partial charge in [-0.3, -0.25) is 4.79 Å². The van der Waals surface area contributed by atoms with Gasteiger partial charge in [0.1, 0.15) is 0 Å². The number of carbonyl (C=O) groups is 1. The molecule has 1 aromatic rings. The summed E-state index contributed by atoms with van der Waals surface area (Å²) in [4.78, 5) is 11.8. The van der Waals surface area contributed by atoms with Crippen LogP contribution in [0.15, 0.2) is 30.3 Å². The van der Waals surface area contributed by atoms with Gasteiger partial charge in [0.25, 0.3) is 5.91 Å². The number of aliphatic hydroxyl groups is 1. The fourth-order valence-electron chi connectivity index (χ4n) is 1.67. The number of unbranched alkanes of at least 4 members (excludes halogenated alkanes) is 1. The van der Waals surface area contributed by atoms with E-state index in [1.165, 1.54) is 0 Å². The molecular formula is C14H19NO2. The van der Waals surface area contributed by atoms with Crippen molar-refractivity contribution in [3.05, 3.63) is 41.5 Å². The Labute approximate surface area is 102 Å². The van der Waals surface area contributed by atoms with Gasteiger partial charge in [0, 0.05) is 12.6 Å². The number of aliphatic hydroxyl groups excluding tert-OH is 1. The molecular weight excluding hydrogens is 214 g/mol. The summed E-state index contributed by atoms with van der Waals surface area (Å²) in [6, 6.07) is 7.42. The molecule has 17 heavy (non-hydrogen) atoms. The molecule has 3 heteroatoms. The van der Waals surface area contributed by atoms with Crippen LogP contribution in [0.3, 0.4) is 0 Å². The number of carbonyl (C=O) groups excluding carboxylic acids is 1. The molecule has 0 saturated carbocycles. The van der Waals surface area contributed by atoms with Gasteiger partial charge in [-0.25, -0.2) is 0 Å². The van der Waals surface area contributed by atoms with Crippen LogP contribution >= 0.6 is 0 Å². The third-order valence-electron chi connectivity index (χ3n) is 2.59. The molecule has 1 amide bonds. The molecule has 0 atom stereocenters. The Hall–Kier alpha value is -1.61. The highest BCUT2D eigenvalue weighted by Crippen LogP contribution is 2.20. The van der Waals surface area contributed by atoms with E-state index in [9.17, 15) is 9.90 Å². The van der Waals surface area contributed by atoms with E-state index < -0.39 is 0 Å². The summed E-state index contributed by atoms with van der Waals surface area (Å²) in [5.74, 6) is -0.112. The minimum Gasteiger partial charge on any atom is -0.392 e. The van der Waals surface area contributed by atoms with E-state index in [-0.39, 0.29) is 12.5 Å². The van der Waals surface area contributed by atoms with Crippen molar-refractivity contribution in [2.75, 3.05) is 7.05 Å². The van der Waals surface area contributed by atoms with Crippen LogP contribution in [0.1, 0.15) is 30.9 Å². The lowest BCUT2D eigenvalue weighted by molar-refractivity contribution is -0.115. The van der Waals surface area contributed by atoms with Crippen molar-refractivity contribution in [1.29, 1.82) is 0 Å². The van der Waals surface area contributed by atoms with E-state index >= 15 is 0 Å². The molecule has 0 fully saturated rings. The van der Waals surface area contributed by atoms with Crippen LogP contribution in [-0.4, -0.2) is 18.1 Å². The zero-order valence-corrected chi connectivity index (χ0v) is 10.4. The predicted octanol–water partition coefficient (Wildman–Crippen LogP) is 2.11. The first-order valence-corrected chi connectivity index (χ1v) is 5.86. The Morgan fingerprint density at radius 1 is 1.41 bits per heavy atom. The van der Waals surface area contributed by atoms with Crippen LogP contribution in [0.2, 0.25) is 0 Å². The molecule has 0 bridgehead atoms. The topological polar surface area (TPSA) is 49.3 Å². The summed E-state index contributed by atoms with van der Waals surface area (Å²) in [7, 11) is 1.61. The molecule has 0 aliphatic rings. The van der Waals surface area contributed by atoms with Gasteiger partial charge in [0.05, 0.1) is 6.61 Å². The Morgan fingerprint density at radius 3 is 2.71 bits per heavy atom. The van der Waals surface area contributed by atoms with Gasteiger partial charge in [-0.2, -0.15) is 0 Å². The zero-order valence-electron chi connectivity index (χ0n) is 10.4. The van der Waals surface area contributed by atoms with Crippen molar-refractivity contribution in [3.8, 4) is 0 Å². The molecule has 0 heterocycles. The Balaban J connectivity index is 3.17. The number of allylic oxidation sites excluding steroid dienone is 1. The van der Waals surface area contributed by atoms with Gasteiger partial charge >= 0.3 is 0 Å². The molecule has 0 spiro atoms. The number of amides is 1. The normalized spacial score (nSPS) is 11.4. The second kappa shape index (κ2) is 6.86. The van der Waals surface area contributed by atoms with E-state index in [2.05, 4.69) is 12.2 Å².